The third kappa shape index (κ3) is 2.58. The topological polar surface area (TPSA) is 86.8 Å². The van der Waals surface area contributed by atoms with Gasteiger partial charge in [0.1, 0.15) is 5.75 Å². The first-order chi connectivity index (χ1) is 9.99. The number of rotatable bonds is 1. The number of hydrogen-bond donors (Lipinski definition) is 3. The van der Waals surface area contributed by atoms with E-state index in [9.17, 15) is 15.0 Å². The number of nitrogen functional groups attached to an aromatic ring is 1. The molecule has 0 aromatic heterocycles. The number of anilines is 1. The molecule has 1 saturated carbocycles. The van der Waals surface area contributed by atoms with Gasteiger partial charge >= 0.3 is 0 Å². The maximum Gasteiger partial charge on any atom is 0.256 e. The number of piperidine rings is 1. The van der Waals surface area contributed by atoms with E-state index in [0.29, 0.717) is 30.8 Å². The maximum atomic E-state index is 12.6. The number of aliphatic hydroxyl groups is 1. The lowest BCUT2D eigenvalue weighted by Crippen LogP contribution is -2.54. The summed E-state index contributed by atoms with van der Waals surface area (Å²) < 4.78 is 0. The maximum absolute atomic E-state index is 12.6. The minimum absolute atomic E-state index is 0.0405. The van der Waals surface area contributed by atoms with Crippen molar-refractivity contribution in [1.29, 1.82) is 0 Å². The zero-order chi connectivity index (χ0) is 15.0. The van der Waals surface area contributed by atoms with E-state index in [1.54, 1.807) is 11.0 Å². The lowest BCUT2D eigenvalue weighted by Gasteiger charge is -2.47. The molecule has 5 heteroatoms. The Hall–Kier alpha value is -1.75. The highest BCUT2D eigenvalue weighted by atomic mass is 16.3. The Morgan fingerprint density at radius 3 is 2.95 bits per heavy atom. The van der Waals surface area contributed by atoms with Crippen molar-refractivity contribution in [3.63, 3.8) is 0 Å². The predicted octanol–water partition coefficient (Wildman–Crippen LogP) is 1.74. The summed E-state index contributed by atoms with van der Waals surface area (Å²) in [5.41, 5.74) is 5.97. The summed E-state index contributed by atoms with van der Waals surface area (Å²) in [6.07, 6.45) is 4.62. The Kier molecular flexibility index (Phi) is 3.53. The largest absolute Gasteiger partial charge is 0.508 e. The van der Waals surface area contributed by atoms with Crippen LogP contribution in [0.1, 0.15) is 42.5 Å². The van der Waals surface area contributed by atoms with Gasteiger partial charge in [-0.3, -0.25) is 4.79 Å². The fourth-order valence-corrected chi connectivity index (χ4v) is 3.66. The number of carbonyl (C=O) groups excluding carboxylic acids is 1. The summed E-state index contributed by atoms with van der Waals surface area (Å²) in [6, 6.07) is 4.44. The Labute approximate surface area is 124 Å². The molecule has 1 heterocycles. The fraction of sp³-hybridized carbons (Fsp3) is 0.562. The second kappa shape index (κ2) is 5.22. The van der Waals surface area contributed by atoms with Crippen molar-refractivity contribution in [3.05, 3.63) is 23.8 Å². The quantitative estimate of drug-likeness (QED) is 0.543. The van der Waals surface area contributed by atoms with E-state index in [1.807, 2.05) is 0 Å². The second-order valence-corrected chi connectivity index (χ2v) is 6.32. The monoisotopic (exact) mass is 290 g/mol. The molecule has 1 aliphatic carbocycles. The van der Waals surface area contributed by atoms with Crippen molar-refractivity contribution in [2.24, 2.45) is 5.92 Å². The standard InChI is InChI=1S/C16H22N2O3/c17-14-5-4-12(19)9-13(14)15(20)18-8-7-16(21)6-2-1-3-11(16)10-18/h4-5,9,11,19,21H,1-3,6-8,10,17H2. The van der Waals surface area contributed by atoms with Crippen LogP contribution in [-0.4, -0.2) is 39.7 Å². The molecule has 0 radical (unpaired) electrons. The number of phenols is 1. The SMILES string of the molecule is Nc1ccc(O)cc1C(=O)N1CCC2(O)CCCCC2C1. The van der Waals surface area contributed by atoms with Gasteiger partial charge in [0.15, 0.2) is 0 Å². The summed E-state index contributed by atoms with van der Waals surface area (Å²) in [7, 11) is 0. The van der Waals surface area contributed by atoms with Gasteiger partial charge in [-0.05, 0) is 37.5 Å². The fourth-order valence-electron chi connectivity index (χ4n) is 3.66. The summed E-state index contributed by atoms with van der Waals surface area (Å²) in [5, 5.41) is 20.2. The molecular formula is C16H22N2O3. The van der Waals surface area contributed by atoms with Crippen LogP contribution in [0.5, 0.6) is 5.75 Å². The zero-order valence-electron chi connectivity index (χ0n) is 12.1. The van der Waals surface area contributed by atoms with Gasteiger partial charge in [0.25, 0.3) is 5.91 Å². The van der Waals surface area contributed by atoms with E-state index in [4.69, 9.17) is 5.73 Å². The first kappa shape index (κ1) is 14.2. The molecule has 21 heavy (non-hydrogen) atoms. The Balaban J connectivity index is 1.79. The van der Waals surface area contributed by atoms with Gasteiger partial charge in [0, 0.05) is 24.7 Å². The molecule has 0 spiro atoms. The van der Waals surface area contributed by atoms with Crippen LogP contribution in [0, 0.1) is 5.92 Å². The molecule has 2 unspecified atom stereocenters. The van der Waals surface area contributed by atoms with Crippen molar-refractivity contribution >= 4 is 11.6 Å². The van der Waals surface area contributed by atoms with Crippen LogP contribution in [0.4, 0.5) is 5.69 Å². The van der Waals surface area contributed by atoms with Gasteiger partial charge < -0.3 is 20.8 Å². The smallest absolute Gasteiger partial charge is 0.256 e. The number of aromatic hydroxyl groups is 1. The molecule has 1 aromatic rings. The van der Waals surface area contributed by atoms with Crippen LogP contribution in [-0.2, 0) is 0 Å². The van der Waals surface area contributed by atoms with E-state index in [0.717, 1.165) is 25.7 Å². The van der Waals surface area contributed by atoms with Crippen molar-refractivity contribution in [1.82, 2.24) is 4.90 Å². The number of nitrogens with zero attached hydrogens (tertiary/aromatic N) is 1. The first-order valence-electron chi connectivity index (χ1n) is 7.60. The normalized spacial score (nSPS) is 29.0. The molecule has 5 nitrogen and oxygen atoms in total. The number of nitrogens with two attached hydrogens (primary N) is 1. The van der Waals surface area contributed by atoms with Gasteiger partial charge in [0.2, 0.25) is 0 Å². The molecule has 0 bridgehead atoms. The second-order valence-electron chi connectivity index (χ2n) is 6.32. The van der Waals surface area contributed by atoms with Crippen molar-refractivity contribution < 1.29 is 15.0 Å². The van der Waals surface area contributed by atoms with Gasteiger partial charge in [-0.2, -0.15) is 0 Å². The number of likely N-dealkylation sites (tertiary alicyclic amines) is 1. The van der Waals surface area contributed by atoms with Crippen LogP contribution in [0.3, 0.4) is 0 Å². The molecule has 114 valence electrons. The molecule has 1 aliphatic heterocycles. The summed E-state index contributed by atoms with van der Waals surface area (Å²) >= 11 is 0. The van der Waals surface area contributed by atoms with Gasteiger partial charge in [-0.25, -0.2) is 0 Å². The molecule has 3 rings (SSSR count). The summed E-state index contributed by atoms with van der Waals surface area (Å²) in [6.45, 7) is 1.12. The number of fused-ring (bicyclic) bond motifs is 1. The van der Waals surface area contributed by atoms with Gasteiger partial charge in [-0.15, -0.1) is 0 Å². The Morgan fingerprint density at radius 2 is 2.14 bits per heavy atom. The summed E-state index contributed by atoms with van der Waals surface area (Å²) in [4.78, 5) is 14.4. The molecule has 2 atom stereocenters. The number of benzene rings is 1. The lowest BCUT2D eigenvalue weighted by atomic mass is 9.71. The van der Waals surface area contributed by atoms with Crippen LogP contribution in [0.2, 0.25) is 0 Å². The van der Waals surface area contributed by atoms with Crippen molar-refractivity contribution in [2.75, 3.05) is 18.8 Å². The minimum Gasteiger partial charge on any atom is -0.508 e. The predicted molar refractivity (Wildman–Crippen MR) is 79.9 cm³/mol. The average Bonchev–Trinajstić information content (AvgIpc) is 2.48. The van der Waals surface area contributed by atoms with Crippen LogP contribution in [0.15, 0.2) is 18.2 Å². The lowest BCUT2D eigenvalue weighted by molar-refractivity contribution is -0.0886. The average molecular weight is 290 g/mol. The molecule has 4 N–H and O–H groups in total. The van der Waals surface area contributed by atoms with E-state index < -0.39 is 5.60 Å². The van der Waals surface area contributed by atoms with Gasteiger partial charge in [-0.1, -0.05) is 12.8 Å². The van der Waals surface area contributed by atoms with Crippen molar-refractivity contribution in [2.45, 2.75) is 37.7 Å². The highest BCUT2D eigenvalue weighted by molar-refractivity contribution is 5.99. The molecule has 2 aliphatic rings. The van der Waals surface area contributed by atoms with E-state index >= 15 is 0 Å². The Bertz CT molecular complexity index is 560. The van der Waals surface area contributed by atoms with Crippen LogP contribution in [0.25, 0.3) is 0 Å². The zero-order valence-corrected chi connectivity index (χ0v) is 12.1. The van der Waals surface area contributed by atoms with Gasteiger partial charge in [0.05, 0.1) is 11.2 Å². The highest BCUT2D eigenvalue weighted by Crippen LogP contribution is 2.40. The summed E-state index contributed by atoms with van der Waals surface area (Å²) in [5.74, 6) is 0.0391. The minimum atomic E-state index is -0.598. The Morgan fingerprint density at radius 1 is 1.33 bits per heavy atom. The van der Waals surface area contributed by atoms with Crippen LogP contribution >= 0.6 is 0 Å². The number of hydrogen-bond acceptors (Lipinski definition) is 4. The first-order valence-corrected chi connectivity index (χ1v) is 7.60. The molecule has 1 saturated heterocycles. The molecule has 2 fully saturated rings. The number of phenolic OH excluding ortho intramolecular Hbond substituents is 1. The molecule has 1 amide bonds. The van der Waals surface area contributed by atoms with E-state index in [-0.39, 0.29) is 17.6 Å². The highest BCUT2D eigenvalue weighted by Gasteiger charge is 2.43. The number of carbonyl (C=O) groups is 1. The van der Waals surface area contributed by atoms with Crippen LogP contribution < -0.4 is 5.73 Å². The number of amides is 1. The van der Waals surface area contributed by atoms with Crippen molar-refractivity contribution in [3.8, 4) is 5.75 Å². The third-order valence-corrected chi connectivity index (χ3v) is 4.98. The molecule has 1 aromatic carbocycles. The molecular weight excluding hydrogens is 268 g/mol. The van der Waals surface area contributed by atoms with E-state index in [1.165, 1.54) is 12.1 Å². The van der Waals surface area contributed by atoms with E-state index in [2.05, 4.69) is 0 Å². The third-order valence-electron chi connectivity index (χ3n) is 4.98.